The van der Waals surface area contributed by atoms with E-state index in [0.717, 1.165) is 30.4 Å². The van der Waals surface area contributed by atoms with Crippen molar-refractivity contribution in [1.82, 2.24) is 0 Å². The predicted molar refractivity (Wildman–Crippen MR) is 134 cm³/mol. The van der Waals surface area contributed by atoms with Gasteiger partial charge in [-0.05, 0) is 98.0 Å². The largest absolute Gasteiger partial charge is 0.504 e. The van der Waals surface area contributed by atoms with E-state index in [2.05, 4.69) is 39.8 Å². The van der Waals surface area contributed by atoms with Crippen LogP contribution in [-0.2, 0) is 14.3 Å². The van der Waals surface area contributed by atoms with Crippen LogP contribution in [0.25, 0.3) is 0 Å². The van der Waals surface area contributed by atoms with Crippen LogP contribution in [0.4, 0.5) is 0 Å². The number of carbonyl (C=O) groups is 2. The van der Waals surface area contributed by atoms with Crippen LogP contribution in [0.2, 0.25) is 0 Å². The molecule has 0 aromatic rings. The highest BCUT2D eigenvalue weighted by Gasteiger charge is 2.63. The molecule has 0 saturated heterocycles. The maximum absolute atomic E-state index is 12.9. The Morgan fingerprint density at radius 2 is 1.74 bits per heavy atom. The van der Waals surface area contributed by atoms with Crippen molar-refractivity contribution >= 4 is 11.8 Å². The van der Waals surface area contributed by atoms with Gasteiger partial charge in [-0.25, -0.2) is 0 Å². The summed E-state index contributed by atoms with van der Waals surface area (Å²) in [7, 11) is 1.41. The lowest BCUT2D eigenvalue weighted by Crippen LogP contribution is -2.59. The number of hydrogen-bond acceptors (Lipinski definition) is 5. The summed E-state index contributed by atoms with van der Waals surface area (Å²) >= 11 is 0. The van der Waals surface area contributed by atoms with E-state index < -0.39 is 11.5 Å². The van der Waals surface area contributed by atoms with E-state index in [0.29, 0.717) is 18.4 Å². The van der Waals surface area contributed by atoms with Crippen molar-refractivity contribution in [1.29, 1.82) is 0 Å². The topological polar surface area (TPSA) is 83.8 Å². The number of aliphatic hydroxyl groups is 2. The van der Waals surface area contributed by atoms with Gasteiger partial charge in [0.25, 0.3) is 0 Å². The van der Waals surface area contributed by atoms with Crippen LogP contribution >= 0.6 is 0 Å². The van der Waals surface area contributed by atoms with E-state index >= 15 is 0 Å². The van der Waals surface area contributed by atoms with Gasteiger partial charge in [0.15, 0.2) is 5.76 Å². The first-order valence-electron chi connectivity index (χ1n) is 12.8. The van der Waals surface area contributed by atoms with E-state index in [1.807, 2.05) is 13.8 Å². The fourth-order valence-electron chi connectivity index (χ4n) is 8.55. The molecule has 0 amide bonds. The lowest BCUT2D eigenvalue weighted by Gasteiger charge is -2.63. The summed E-state index contributed by atoms with van der Waals surface area (Å²) in [5.74, 6) is -0.596. The van der Waals surface area contributed by atoms with Crippen LogP contribution in [-0.4, -0.2) is 35.2 Å². The maximum Gasteiger partial charge on any atom is 0.314 e. The molecule has 0 aliphatic heterocycles. The second-order valence-electron chi connectivity index (χ2n) is 12.7. The smallest absolute Gasteiger partial charge is 0.314 e. The lowest BCUT2D eigenvalue weighted by atomic mass is 9.40. The van der Waals surface area contributed by atoms with Gasteiger partial charge in [-0.2, -0.15) is 0 Å². The zero-order chi connectivity index (χ0) is 25.7. The Morgan fingerprint density at radius 1 is 1.06 bits per heavy atom. The molecule has 5 nitrogen and oxygen atoms in total. The first-order chi connectivity index (χ1) is 16.2. The van der Waals surface area contributed by atoms with Gasteiger partial charge >= 0.3 is 5.97 Å². The van der Waals surface area contributed by atoms with Gasteiger partial charge in [-0.15, -0.1) is 0 Å². The van der Waals surface area contributed by atoms with E-state index in [9.17, 15) is 19.8 Å². The highest BCUT2D eigenvalue weighted by atomic mass is 16.5. The SMILES string of the molecule is COC(=O)[C@@]1(C)C[C@@H]2[C@](C)(CC(C)=C3C4=CC=C5C(=CC(=O)C(O)=C5C)[C@]4(C)CC[C@]32C)C[C@@H]1O. The fraction of sp³-hybridized carbons (Fsp3) is 0.600. The molecular weight excluding hydrogens is 440 g/mol. The standard InChI is InChI=1S/C30H38O5/c1-16-13-27(3)15-23(32)30(6,26(34)35-7)14-22(27)29(5)11-10-28(4)19(24(16)29)9-8-18-17(2)25(33)21(31)12-20(18)28/h8-9,12,22-23,32-33H,10-11,13-15H2,1-7H3/t22-,23+,27-,28-,29+,30+/m1/s1. The Labute approximate surface area is 208 Å². The number of ketones is 1. The molecule has 2 N–H and O–H groups in total. The fourth-order valence-corrected chi connectivity index (χ4v) is 8.55. The summed E-state index contributed by atoms with van der Waals surface area (Å²) in [6, 6.07) is 0. The molecule has 2 saturated carbocycles. The Kier molecular flexibility index (Phi) is 5.08. The average Bonchev–Trinajstić information content (AvgIpc) is 2.79. The van der Waals surface area contributed by atoms with Gasteiger partial charge in [0.1, 0.15) is 0 Å². The summed E-state index contributed by atoms with van der Waals surface area (Å²) in [4.78, 5) is 25.5. The van der Waals surface area contributed by atoms with Gasteiger partial charge < -0.3 is 14.9 Å². The number of fused-ring (bicyclic) bond motifs is 7. The van der Waals surface area contributed by atoms with Crippen molar-refractivity contribution in [3.8, 4) is 0 Å². The first-order valence-corrected chi connectivity index (χ1v) is 12.8. The minimum absolute atomic E-state index is 0.107. The van der Waals surface area contributed by atoms with Gasteiger partial charge in [0.05, 0.1) is 18.6 Å². The molecular formula is C30H38O5. The molecule has 2 fully saturated rings. The van der Waals surface area contributed by atoms with Crippen LogP contribution in [0.3, 0.4) is 0 Å². The Morgan fingerprint density at radius 3 is 2.40 bits per heavy atom. The Balaban J connectivity index is 1.67. The monoisotopic (exact) mass is 478 g/mol. The molecule has 188 valence electrons. The molecule has 0 spiro atoms. The summed E-state index contributed by atoms with van der Waals surface area (Å²) in [5, 5.41) is 21.4. The first kappa shape index (κ1) is 24.3. The minimum Gasteiger partial charge on any atom is -0.504 e. The summed E-state index contributed by atoms with van der Waals surface area (Å²) < 4.78 is 5.16. The quantitative estimate of drug-likeness (QED) is 0.474. The van der Waals surface area contributed by atoms with Gasteiger partial charge in [-0.1, -0.05) is 38.5 Å². The number of rotatable bonds is 1. The maximum atomic E-state index is 12.9. The molecule has 5 aliphatic rings. The zero-order valence-corrected chi connectivity index (χ0v) is 22.0. The minimum atomic E-state index is -0.926. The number of hydrogen-bond donors (Lipinski definition) is 2. The second-order valence-corrected chi connectivity index (χ2v) is 12.7. The summed E-state index contributed by atoms with van der Waals surface area (Å²) in [6.07, 6.45) is 9.01. The number of methoxy groups -OCH3 is 1. The van der Waals surface area contributed by atoms with Crippen LogP contribution < -0.4 is 0 Å². The molecule has 5 aliphatic carbocycles. The third-order valence-electron chi connectivity index (χ3n) is 10.5. The van der Waals surface area contributed by atoms with E-state index in [4.69, 9.17) is 4.74 Å². The third-order valence-corrected chi connectivity index (χ3v) is 10.5. The van der Waals surface area contributed by atoms with Gasteiger partial charge in [0, 0.05) is 11.0 Å². The van der Waals surface area contributed by atoms with Crippen molar-refractivity contribution in [3.05, 3.63) is 57.4 Å². The molecule has 0 bridgehead atoms. The van der Waals surface area contributed by atoms with Crippen LogP contribution in [0, 0.1) is 27.6 Å². The predicted octanol–water partition coefficient (Wildman–Crippen LogP) is 5.68. The van der Waals surface area contributed by atoms with Crippen molar-refractivity contribution in [3.63, 3.8) is 0 Å². The zero-order valence-electron chi connectivity index (χ0n) is 22.0. The second kappa shape index (κ2) is 7.32. The molecule has 0 aromatic carbocycles. The highest BCUT2D eigenvalue weighted by molar-refractivity contribution is 6.06. The lowest BCUT2D eigenvalue weighted by molar-refractivity contribution is -0.177. The summed E-state index contributed by atoms with van der Waals surface area (Å²) in [6.45, 7) is 12.8. The normalized spacial score (nSPS) is 42.7. The molecule has 5 heteroatoms. The molecule has 0 unspecified atom stereocenters. The Hall–Kier alpha value is -2.40. The van der Waals surface area contributed by atoms with Crippen molar-refractivity contribution in [2.24, 2.45) is 27.6 Å². The number of aliphatic hydroxyl groups excluding tert-OH is 2. The third kappa shape index (κ3) is 2.97. The van der Waals surface area contributed by atoms with E-state index in [1.54, 1.807) is 6.08 Å². The van der Waals surface area contributed by atoms with Crippen molar-refractivity contribution in [2.75, 3.05) is 7.11 Å². The molecule has 0 aromatic heterocycles. The molecule has 0 radical (unpaired) electrons. The number of carbonyl (C=O) groups excluding carboxylic acids is 2. The van der Waals surface area contributed by atoms with Crippen LogP contribution in [0.1, 0.15) is 73.6 Å². The number of ether oxygens (including phenoxy) is 1. The summed E-state index contributed by atoms with van der Waals surface area (Å²) in [5.41, 5.74) is 5.06. The number of esters is 1. The molecule has 35 heavy (non-hydrogen) atoms. The van der Waals surface area contributed by atoms with Crippen LogP contribution in [0.15, 0.2) is 57.4 Å². The Bertz CT molecular complexity index is 1210. The van der Waals surface area contributed by atoms with Gasteiger partial charge in [0.2, 0.25) is 5.78 Å². The van der Waals surface area contributed by atoms with Gasteiger partial charge in [-0.3, -0.25) is 9.59 Å². The van der Waals surface area contributed by atoms with E-state index in [-0.39, 0.29) is 39.7 Å². The van der Waals surface area contributed by atoms with Crippen molar-refractivity contribution in [2.45, 2.75) is 79.8 Å². The molecule has 6 atom stereocenters. The average molecular weight is 479 g/mol. The molecule has 5 rings (SSSR count). The molecule has 0 heterocycles. The van der Waals surface area contributed by atoms with E-state index in [1.165, 1.54) is 23.8 Å². The van der Waals surface area contributed by atoms with Crippen LogP contribution in [0.5, 0.6) is 0 Å². The van der Waals surface area contributed by atoms with Crippen molar-refractivity contribution < 1.29 is 24.5 Å². The highest BCUT2D eigenvalue weighted by Crippen LogP contribution is 2.70. The number of allylic oxidation sites excluding steroid dienone is 9.